The summed E-state index contributed by atoms with van der Waals surface area (Å²) in [5.74, 6) is 0.283. The summed E-state index contributed by atoms with van der Waals surface area (Å²) in [5, 5.41) is 0. The van der Waals surface area contributed by atoms with Crippen molar-refractivity contribution in [1.82, 2.24) is 9.80 Å². The Morgan fingerprint density at radius 3 is 2.56 bits per heavy atom. The number of piperazine rings is 1. The summed E-state index contributed by atoms with van der Waals surface area (Å²) in [5.41, 5.74) is 2.68. The number of carbonyl (C=O) groups is 1. The monoisotopic (exact) mass is 246 g/mol. The van der Waals surface area contributed by atoms with Crippen LogP contribution in [0.2, 0.25) is 0 Å². The van der Waals surface area contributed by atoms with E-state index < -0.39 is 0 Å². The Hall–Kier alpha value is -1.35. The first kappa shape index (κ1) is 13.1. The molecule has 1 aliphatic rings. The van der Waals surface area contributed by atoms with E-state index in [1.807, 2.05) is 11.8 Å². The summed E-state index contributed by atoms with van der Waals surface area (Å²) in [6.45, 7) is 8.77. The van der Waals surface area contributed by atoms with Gasteiger partial charge in [0.2, 0.25) is 5.91 Å². The molecule has 2 rings (SSSR count). The van der Waals surface area contributed by atoms with Crippen LogP contribution in [0.1, 0.15) is 24.5 Å². The summed E-state index contributed by atoms with van der Waals surface area (Å²) in [6, 6.07) is 8.66. The van der Waals surface area contributed by atoms with Gasteiger partial charge in [-0.2, -0.15) is 0 Å². The van der Waals surface area contributed by atoms with Crippen LogP contribution in [0.15, 0.2) is 24.3 Å². The summed E-state index contributed by atoms with van der Waals surface area (Å²) >= 11 is 0. The first-order valence-electron chi connectivity index (χ1n) is 6.74. The summed E-state index contributed by atoms with van der Waals surface area (Å²) < 4.78 is 0. The quantitative estimate of drug-likeness (QED) is 0.815. The van der Waals surface area contributed by atoms with Gasteiger partial charge in [-0.05, 0) is 12.5 Å². The third-order valence-electron chi connectivity index (χ3n) is 3.52. The molecule has 0 aromatic heterocycles. The van der Waals surface area contributed by atoms with Crippen LogP contribution >= 0.6 is 0 Å². The Labute approximate surface area is 109 Å². The summed E-state index contributed by atoms with van der Waals surface area (Å²) in [6.07, 6.45) is 0.623. The number of nitrogens with zero attached hydrogens (tertiary/aromatic N) is 2. The van der Waals surface area contributed by atoms with Gasteiger partial charge in [-0.1, -0.05) is 36.8 Å². The van der Waals surface area contributed by atoms with Crippen LogP contribution in [0, 0.1) is 6.92 Å². The van der Waals surface area contributed by atoms with Crippen LogP contribution in [-0.4, -0.2) is 41.9 Å². The second-order valence-electron chi connectivity index (χ2n) is 5.00. The molecule has 0 N–H and O–H groups in total. The van der Waals surface area contributed by atoms with Crippen molar-refractivity contribution < 1.29 is 4.79 Å². The zero-order chi connectivity index (χ0) is 13.0. The number of rotatable bonds is 3. The lowest BCUT2D eigenvalue weighted by atomic mass is 10.1. The maximum atomic E-state index is 11.6. The van der Waals surface area contributed by atoms with Gasteiger partial charge in [0.25, 0.3) is 0 Å². The molecule has 1 amide bonds. The van der Waals surface area contributed by atoms with Gasteiger partial charge in [-0.15, -0.1) is 0 Å². The van der Waals surface area contributed by atoms with E-state index in [2.05, 4.69) is 36.1 Å². The van der Waals surface area contributed by atoms with Crippen LogP contribution in [0.3, 0.4) is 0 Å². The fourth-order valence-corrected chi connectivity index (χ4v) is 2.45. The van der Waals surface area contributed by atoms with Gasteiger partial charge < -0.3 is 4.90 Å². The van der Waals surface area contributed by atoms with Crippen molar-refractivity contribution in [2.45, 2.75) is 26.8 Å². The zero-order valence-electron chi connectivity index (χ0n) is 11.4. The maximum absolute atomic E-state index is 11.6. The number of amides is 1. The molecule has 1 aromatic rings. The molecule has 0 spiro atoms. The topological polar surface area (TPSA) is 23.6 Å². The molecule has 3 nitrogen and oxygen atoms in total. The van der Waals surface area contributed by atoms with Crippen molar-refractivity contribution in [2.24, 2.45) is 0 Å². The number of carbonyl (C=O) groups excluding carboxylic acids is 1. The smallest absolute Gasteiger partial charge is 0.222 e. The van der Waals surface area contributed by atoms with Crippen molar-refractivity contribution in [3.05, 3.63) is 35.4 Å². The zero-order valence-corrected chi connectivity index (χ0v) is 11.4. The normalized spacial score (nSPS) is 16.9. The molecule has 18 heavy (non-hydrogen) atoms. The van der Waals surface area contributed by atoms with Crippen molar-refractivity contribution >= 4 is 5.91 Å². The SMILES string of the molecule is CCC(=O)N1CCN(Cc2cccc(C)c2)CC1. The molecule has 0 atom stereocenters. The average Bonchev–Trinajstić information content (AvgIpc) is 2.39. The van der Waals surface area contributed by atoms with Crippen LogP contribution in [0.5, 0.6) is 0 Å². The first-order chi connectivity index (χ1) is 8.69. The van der Waals surface area contributed by atoms with Crippen molar-refractivity contribution in [1.29, 1.82) is 0 Å². The Morgan fingerprint density at radius 2 is 1.94 bits per heavy atom. The summed E-state index contributed by atoms with van der Waals surface area (Å²) in [4.78, 5) is 16.0. The van der Waals surface area contributed by atoms with E-state index in [0.29, 0.717) is 6.42 Å². The second-order valence-corrected chi connectivity index (χ2v) is 5.00. The van der Waals surface area contributed by atoms with E-state index >= 15 is 0 Å². The number of aryl methyl sites for hydroxylation is 1. The molecule has 0 aliphatic carbocycles. The van der Waals surface area contributed by atoms with Crippen LogP contribution in [0.25, 0.3) is 0 Å². The van der Waals surface area contributed by atoms with Gasteiger partial charge in [0, 0.05) is 39.1 Å². The lowest BCUT2D eigenvalue weighted by molar-refractivity contribution is -0.132. The highest BCUT2D eigenvalue weighted by atomic mass is 16.2. The lowest BCUT2D eigenvalue weighted by Crippen LogP contribution is -2.48. The Kier molecular flexibility index (Phi) is 4.37. The second kappa shape index (κ2) is 6.01. The van der Waals surface area contributed by atoms with E-state index in [1.54, 1.807) is 0 Å². The van der Waals surface area contributed by atoms with E-state index in [4.69, 9.17) is 0 Å². The predicted molar refractivity (Wildman–Crippen MR) is 73.3 cm³/mol. The first-order valence-corrected chi connectivity index (χ1v) is 6.74. The van der Waals surface area contributed by atoms with Crippen LogP contribution in [-0.2, 0) is 11.3 Å². The van der Waals surface area contributed by atoms with Gasteiger partial charge in [-0.25, -0.2) is 0 Å². The van der Waals surface area contributed by atoms with Crippen molar-refractivity contribution in [3.8, 4) is 0 Å². The molecule has 1 heterocycles. The lowest BCUT2D eigenvalue weighted by Gasteiger charge is -2.34. The average molecular weight is 246 g/mol. The maximum Gasteiger partial charge on any atom is 0.222 e. The van der Waals surface area contributed by atoms with Crippen molar-refractivity contribution in [3.63, 3.8) is 0 Å². The Morgan fingerprint density at radius 1 is 1.22 bits per heavy atom. The molecule has 0 radical (unpaired) electrons. The highest BCUT2D eigenvalue weighted by Gasteiger charge is 2.19. The molecule has 0 bridgehead atoms. The molecule has 0 saturated carbocycles. The molecule has 1 saturated heterocycles. The number of hydrogen-bond donors (Lipinski definition) is 0. The minimum atomic E-state index is 0.283. The molecule has 1 fully saturated rings. The van der Waals surface area contributed by atoms with E-state index in [-0.39, 0.29) is 5.91 Å². The molecule has 1 aliphatic heterocycles. The van der Waals surface area contributed by atoms with Gasteiger partial charge in [0.15, 0.2) is 0 Å². The Bertz CT molecular complexity index is 409. The van der Waals surface area contributed by atoms with Crippen LogP contribution in [0.4, 0.5) is 0 Å². The number of benzene rings is 1. The van der Waals surface area contributed by atoms with Crippen LogP contribution < -0.4 is 0 Å². The highest BCUT2D eigenvalue weighted by Crippen LogP contribution is 2.10. The van der Waals surface area contributed by atoms with Gasteiger partial charge >= 0.3 is 0 Å². The fraction of sp³-hybridized carbons (Fsp3) is 0.533. The molecule has 0 unspecified atom stereocenters. The summed E-state index contributed by atoms with van der Waals surface area (Å²) in [7, 11) is 0. The molecular formula is C15H22N2O. The van der Waals surface area contributed by atoms with E-state index in [1.165, 1.54) is 11.1 Å². The fourth-order valence-electron chi connectivity index (χ4n) is 2.45. The van der Waals surface area contributed by atoms with Gasteiger partial charge in [0.1, 0.15) is 0 Å². The largest absolute Gasteiger partial charge is 0.340 e. The van der Waals surface area contributed by atoms with E-state index in [9.17, 15) is 4.79 Å². The standard InChI is InChI=1S/C15H22N2O/c1-3-15(18)17-9-7-16(8-10-17)12-14-6-4-5-13(2)11-14/h4-6,11H,3,7-10,12H2,1-2H3. The third-order valence-corrected chi connectivity index (χ3v) is 3.52. The number of hydrogen-bond acceptors (Lipinski definition) is 2. The van der Waals surface area contributed by atoms with Crippen molar-refractivity contribution in [2.75, 3.05) is 26.2 Å². The molecule has 3 heteroatoms. The molecular weight excluding hydrogens is 224 g/mol. The minimum absolute atomic E-state index is 0.283. The minimum Gasteiger partial charge on any atom is -0.340 e. The molecule has 98 valence electrons. The Balaban J connectivity index is 1.85. The van der Waals surface area contributed by atoms with Gasteiger partial charge in [-0.3, -0.25) is 9.69 Å². The predicted octanol–water partition coefficient (Wildman–Crippen LogP) is 2.05. The van der Waals surface area contributed by atoms with E-state index in [0.717, 1.165) is 32.7 Å². The third kappa shape index (κ3) is 3.33. The highest BCUT2D eigenvalue weighted by molar-refractivity contribution is 5.75. The molecule has 1 aromatic carbocycles. The van der Waals surface area contributed by atoms with Gasteiger partial charge in [0.05, 0.1) is 0 Å².